The van der Waals surface area contributed by atoms with E-state index in [1.807, 2.05) is 0 Å². The molecule has 0 aliphatic carbocycles. The second-order valence-corrected chi connectivity index (χ2v) is 4.66. The summed E-state index contributed by atoms with van der Waals surface area (Å²) in [4.78, 5) is 2.57. The van der Waals surface area contributed by atoms with E-state index < -0.39 is 0 Å². The summed E-state index contributed by atoms with van der Waals surface area (Å²) in [5.74, 6) is 0.877. The van der Waals surface area contributed by atoms with Gasteiger partial charge >= 0.3 is 0 Å². The minimum absolute atomic E-state index is 0.818. The maximum Gasteiger partial charge on any atom is 0.0673 e. The van der Waals surface area contributed by atoms with Crippen molar-refractivity contribution in [2.75, 3.05) is 46.4 Å². The molecule has 0 radical (unpaired) electrons. The Hall–Kier alpha value is -0.380. The van der Waals surface area contributed by atoms with E-state index in [0.29, 0.717) is 0 Å². The van der Waals surface area contributed by atoms with Crippen LogP contribution in [0.15, 0.2) is 11.6 Å². The predicted molar refractivity (Wildman–Crippen MR) is 62.0 cm³/mol. The van der Waals surface area contributed by atoms with Crippen molar-refractivity contribution in [2.45, 2.75) is 12.8 Å². The maximum atomic E-state index is 5.15. The van der Waals surface area contributed by atoms with E-state index in [4.69, 9.17) is 4.74 Å². The zero-order chi connectivity index (χ0) is 10.5. The lowest BCUT2D eigenvalue weighted by molar-refractivity contribution is 0.205. The topological polar surface area (TPSA) is 24.5 Å². The molecule has 15 heavy (non-hydrogen) atoms. The molecule has 3 heteroatoms. The van der Waals surface area contributed by atoms with Crippen LogP contribution < -0.4 is 5.32 Å². The number of nitrogens with zero attached hydrogens (tertiary/aromatic N) is 1. The molecular formula is C12H22N2O. The minimum atomic E-state index is 0.818. The van der Waals surface area contributed by atoms with Crippen LogP contribution in [0.2, 0.25) is 0 Å². The van der Waals surface area contributed by atoms with Gasteiger partial charge in [0.2, 0.25) is 0 Å². The minimum Gasteiger partial charge on any atom is -0.380 e. The van der Waals surface area contributed by atoms with Gasteiger partial charge in [0, 0.05) is 26.7 Å². The Morgan fingerprint density at radius 3 is 3.13 bits per heavy atom. The third-order valence-electron chi connectivity index (χ3n) is 3.40. The molecule has 2 rings (SSSR count). The van der Waals surface area contributed by atoms with Crippen LogP contribution in [0.4, 0.5) is 0 Å². The largest absolute Gasteiger partial charge is 0.380 e. The monoisotopic (exact) mass is 210 g/mol. The van der Waals surface area contributed by atoms with Crippen LogP contribution in [0.1, 0.15) is 12.8 Å². The van der Waals surface area contributed by atoms with Crippen LogP contribution in [-0.2, 0) is 4.74 Å². The Morgan fingerprint density at radius 2 is 2.53 bits per heavy atom. The number of rotatable bonds is 4. The van der Waals surface area contributed by atoms with Crippen LogP contribution in [0.3, 0.4) is 0 Å². The molecule has 2 aliphatic rings. The van der Waals surface area contributed by atoms with E-state index in [-0.39, 0.29) is 0 Å². The lowest BCUT2D eigenvalue weighted by Crippen LogP contribution is -2.34. The smallest absolute Gasteiger partial charge is 0.0673 e. The third-order valence-corrected chi connectivity index (χ3v) is 3.40. The molecule has 0 aromatic rings. The van der Waals surface area contributed by atoms with E-state index >= 15 is 0 Å². The summed E-state index contributed by atoms with van der Waals surface area (Å²) in [6.07, 6.45) is 4.88. The Bertz CT molecular complexity index is 222. The van der Waals surface area contributed by atoms with Crippen LogP contribution in [0, 0.1) is 5.92 Å². The predicted octanol–water partition coefficient (Wildman–Crippen LogP) is 0.874. The van der Waals surface area contributed by atoms with Gasteiger partial charge in [-0.25, -0.2) is 0 Å². The summed E-state index contributed by atoms with van der Waals surface area (Å²) < 4.78 is 5.15. The SMILES string of the molecule is COCC1=CCN(CC2CCNC2)CC1. The van der Waals surface area contributed by atoms with Crippen molar-refractivity contribution in [3.05, 3.63) is 11.6 Å². The number of hydrogen-bond acceptors (Lipinski definition) is 3. The molecule has 0 bridgehead atoms. The quantitative estimate of drug-likeness (QED) is 0.697. The van der Waals surface area contributed by atoms with Crippen molar-refractivity contribution in [2.24, 2.45) is 5.92 Å². The van der Waals surface area contributed by atoms with E-state index in [9.17, 15) is 0 Å². The molecule has 0 saturated carbocycles. The second-order valence-electron chi connectivity index (χ2n) is 4.66. The lowest BCUT2D eigenvalue weighted by atomic mass is 10.1. The van der Waals surface area contributed by atoms with E-state index in [1.165, 1.54) is 44.6 Å². The Balaban J connectivity index is 1.72. The van der Waals surface area contributed by atoms with Crippen molar-refractivity contribution >= 4 is 0 Å². The highest BCUT2D eigenvalue weighted by Crippen LogP contribution is 2.15. The second kappa shape index (κ2) is 5.64. The summed E-state index contributed by atoms with van der Waals surface area (Å²) in [5, 5.41) is 3.43. The number of nitrogens with one attached hydrogen (secondary N) is 1. The number of ether oxygens (including phenoxy) is 1. The highest BCUT2D eigenvalue weighted by molar-refractivity contribution is 5.07. The van der Waals surface area contributed by atoms with Gasteiger partial charge in [-0.1, -0.05) is 6.08 Å². The fourth-order valence-corrected chi connectivity index (χ4v) is 2.47. The first-order valence-electron chi connectivity index (χ1n) is 5.98. The Labute approximate surface area is 92.5 Å². The first kappa shape index (κ1) is 11.1. The van der Waals surface area contributed by atoms with Crippen molar-refractivity contribution in [1.82, 2.24) is 10.2 Å². The van der Waals surface area contributed by atoms with Gasteiger partial charge in [0.05, 0.1) is 6.61 Å². The lowest BCUT2D eigenvalue weighted by Gasteiger charge is -2.28. The average Bonchev–Trinajstić information content (AvgIpc) is 2.74. The van der Waals surface area contributed by atoms with Crippen molar-refractivity contribution in [3.8, 4) is 0 Å². The van der Waals surface area contributed by atoms with Crippen molar-refractivity contribution in [3.63, 3.8) is 0 Å². The third kappa shape index (κ3) is 3.30. The van der Waals surface area contributed by atoms with Gasteiger partial charge < -0.3 is 10.1 Å². The summed E-state index contributed by atoms with van der Waals surface area (Å²) in [5.41, 5.74) is 1.47. The Kier molecular flexibility index (Phi) is 4.18. The zero-order valence-corrected chi connectivity index (χ0v) is 9.67. The molecule has 1 N–H and O–H groups in total. The van der Waals surface area contributed by atoms with Gasteiger partial charge in [-0.2, -0.15) is 0 Å². The number of methoxy groups -OCH3 is 1. The fraction of sp³-hybridized carbons (Fsp3) is 0.833. The molecule has 1 saturated heterocycles. The van der Waals surface area contributed by atoms with Gasteiger partial charge in [0.1, 0.15) is 0 Å². The van der Waals surface area contributed by atoms with Crippen molar-refractivity contribution < 1.29 is 4.74 Å². The first-order valence-corrected chi connectivity index (χ1v) is 5.98. The van der Waals surface area contributed by atoms with E-state index in [2.05, 4.69) is 16.3 Å². The van der Waals surface area contributed by atoms with Gasteiger partial charge in [0.25, 0.3) is 0 Å². The summed E-state index contributed by atoms with van der Waals surface area (Å²) in [6.45, 7) is 6.85. The first-order chi connectivity index (χ1) is 7.38. The molecule has 1 unspecified atom stereocenters. The fourth-order valence-electron chi connectivity index (χ4n) is 2.47. The molecule has 1 fully saturated rings. The summed E-state index contributed by atoms with van der Waals surface area (Å²) in [6, 6.07) is 0. The summed E-state index contributed by atoms with van der Waals surface area (Å²) >= 11 is 0. The number of hydrogen-bond donors (Lipinski definition) is 1. The molecule has 0 aromatic carbocycles. The maximum absolute atomic E-state index is 5.15. The molecule has 1 atom stereocenters. The normalized spacial score (nSPS) is 28.1. The van der Waals surface area contributed by atoms with E-state index in [0.717, 1.165) is 19.1 Å². The van der Waals surface area contributed by atoms with Crippen molar-refractivity contribution in [1.29, 1.82) is 0 Å². The van der Waals surface area contributed by atoms with Crippen LogP contribution in [-0.4, -0.2) is 51.3 Å². The van der Waals surface area contributed by atoms with Crippen LogP contribution in [0.5, 0.6) is 0 Å². The van der Waals surface area contributed by atoms with Gasteiger partial charge in [-0.15, -0.1) is 0 Å². The molecule has 86 valence electrons. The molecule has 3 nitrogen and oxygen atoms in total. The molecule has 2 heterocycles. The zero-order valence-electron chi connectivity index (χ0n) is 9.67. The average molecular weight is 210 g/mol. The molecule has 2 aliphatic heterocycles. The molecule has 0 amide bonds. The Morgan fingerprint density at radius 1 is 1.60 bits per heavy atom. The highest BCUT2D eigenvalue weighted by Gasteiger charge is 2.19. The standard InChI is InChI=1S/C12H22N2O/c1-15-10-11-3-6-14(7-4-11)9-12-2-5-13-8-12/h3,12-13H,2,4-10H2,1H3. The van der Waals surface area contributed by atoms with Crippen LogP contribution in [0.25, 0.3) is 0 Å². The van der Waals surface area contributed by atoms with Gasteiger partial charge in [-0.3, -0.25) is 4.90 Å². The highest BCUT2D eigenvalue weighted by atomic mass is 16.5. The molecule has 0 spiro atoms. The molecular weight excluding hydrogens is 188 g/mol. The van der Waals surface area contributed by atoms with Crippen LogP contribution >= 0.6 is 0 Å². The van der Waals surface area contributed by atoms with Gasteiger partial charge in [0.15, 0.2) is 0 Å². The summed E-state index contributed by atoms with van der Waals surface area (Å²) in [7, 11) is 1.78. The van der Waals surface area contributed by atoms with E-state index in [1.54, 1.807) is 7.11 Å². The van der Waals surface area contributed by atoms with Gasteiger partial charge in [-0.05, 0) is 37.4 Å². The molecule has 0 aromatic heterocycles.